The summed E-state index contributed by atoms with van der Waals surface area (Å²) in [6, 6.07) is 1.62. The van der Waals surface area contributed by atoms with Gasteiger partial charge in [0.1, 0.15) is 5.69 Å². The van der Waals surface area contributed by atoms with Crippen LogP contribution in [0.3, 0.4) is 0 Å². The van der Waals surface area contributed by atoms with Crippen molar-refractivity contribution in [2.75, 3.05) is 6.61 Å². The minimum atomic E-state index is -0.478. The van der Waals surface area contributed by atoms with E-state index in [1.54, 1.807) is 6.07 Å². The molecule has 0 saturated heterocycles. The number of ketones is 1. The van der Waals surface area contributed by atoms with Crippen molar-refractivity contribution in [2.24, 2.45) is 0 Å². The number of nitrogens with zero attached hydrogens (tertiary/aromatic N) is 1. The average molecular weight is 383 g/mol. The van der Waals surface area contributed by atoms with Crippen molar-refractivity contribution in [1.29, 1.82) is 0 Å². The van der Waals surface area contributed by atoms with Gasteiger partial charge < -0.3 is 4.52 Å². The molecule has 1 heterocycles. The third-order valence-electron chi connectivity index (χ3n) is 2.51. The Morgan fingerprint density at radius 1 is 1.61 bits per heavy atom. The molecule has 0 amide bonds. The zero-order valence-electron chi connectivity index (χ0n) is 10.4. The molecule has 0 N–H and O–H groups in total. The van der Waals surface area contributed by atoms with Gasteiger partial charge in [-0.25, -0.2) is 4.39 Å². The maximum absolute atomic E-state index is 14.0. The maximum Gasteiger partial charge on any atom is 0.184 e. The SMILES string of the molecule is CC(C)c1ccnc(C(=O)CCCOPI)c1F. The lowest BCUT2D eigenvalue weighted by Gasteiger charge is -2.09. The zero-order valence-corrected chi connectivity index (χ0v) is 13.5. The van der Waals surface area contributed by atoms with Gasteiger partial charge in [-0.15, -0.1) is 0 Å². The molecule has 1 unspecified atom stereocenters. The highest BCUT2D eigenvalue weighted by Gasteiger charge is 2.17. The van der Waals surface area contributed by atoms with Crippen LogP contribution < -0.4 is 0 Å². The first-order valence-electron chi connectivity index (χ1n) is 5.73. The van der Waals surface area contributed by atoms with E-state index in [-0.39, 0.29) is 23.8 Å². The smallest absolute Gasteiger partial charge is 0.184 e. The topological polar surface area (TPSA) is 39.2 Å². The first kappa shape index (κ1) is 15.9. The Morgan fingerprint density at radius 2 is 2.33 bits per heavy atom. The van der Waals surface area contributed by atoms with Crippen molar-refractivity contribution < 1.29 is 13.7 Å². The van der Waals surface area contributed by atoms with E-state index in [1.807, 2.05) is 13.8 Å². The summed E-state index contributed by atoms with van der Waals surface area (Å²) in [4.78, 5) is 15.7. The lowest BCUT2D eigenvalue weighted by molar-refractivity contribution is 0.0965. The van der Waals surface area contributed by atoms with Crippen LogP contribution in [0.15, 0.2) is 12.3 Å². The molecule has 0 radical (unpaired) electrons. The summed E-state index contributed by atoms with van der Waals surface area (Å²) >= 11 is 2.12. The van der Waals surface area contributed by atoms with Crippen LogP contribution in [0, 0.1) is 5.82 Å². The summed E-state index contributed by atoms with van der Waals surface area (Å²) in [7, 11) is 0. The number of carbonyl (C=O) groups excluding carboxylic acids is 1. The van der Waals surface area contributed by atoms with Crippen LogP contribution in [0.2, 0.25) is 0 Å². The van der Waals surface area contributed by atoms with E-state index in [4.69, 9.17) is 4.52 Å². The molecule has 0 aliphatic heterocycles. The molecule has 0 aromatic carbocycles. The number of rotatable bonds is 7. The van der Waals surface area contributed by atoms with E-state index in [1.165, 1.54) is 6.20 Å². The quantitative estimate of drug-likeness (QED) is 0.306. The summed E-state index contributed by atoms with van der Waals surface area (Å²) < 4.78 is 19.2. The van der Waals surface area contributed by atoms with Gasteiger partial charge in [0, 0.05) is 12.6 Å². The standard InChI is InChI=1S/C12H16FINO2P/c1-8(2)9-5-6-15-12(11(9)13)10(16)4-3-7-17-18-14/h5-6,8,18H,3-4,7H2,1-2H3. The van der Waals surface area contributed by atoms with Crippen LogP contribution in [0.1, 0.15) is 48.7 Å². The molecule has 0 spiro atoms. The summed E-state index contributed by atoms with van der Waals surface area (Å²) in [6.45, 7) is 4.70. The summed E-state index contributed by atoms with van der Waals surface area (Å²) in [5.74, 6) is -0.687. The predicted molar refractivity (Wildman–Crippen MR) is 80.1 cm³/mol. The molecular formula is C12H16FINO2P. The Hall–Kier alpha value is -0.130. The molecule has 1 rings (SSSR count). The maximum atomic E-state index is 14.0. The fraction of sp³-hybridized carbons (Fsp3) is 0.500. The zero-order chi connectivity index (χ0) is 13.5. The molecule has 0 aliphatic carbocycles. The van der Waals surface area contributed by atoms with Gasteiger partial charge in [0.25, 0.3) is 0 Å². The Morgan fingerprint density at radius 3 is 2.94 bits per heavy atom. The van der Waals surface area contributed by atoms with Crippen LogP contribution in [0.25, 0.3) is 0 Å². The molecular weight excluding hydrogens is 367 g/mol. The van der Waals surface area contributed by atoms with Crippen molar-refractivity contribution in [3.8, 4) is 0 Å². The molecule has 18 heavy (non-hydrogen) atoms. The van der Waals surface area contributed by atoms with Crippen LogP contribution in [0.5, 0.6) is 0 Å². The third kappa shape index (κ3) is 4.52. The minimum Gasteiger partial charge on any atom is -0.352 e. The van der Waals surface area contributed by atoms with Gasteiger partial charge in [-0.1, -0.05) is 13.8 Å². The van der Waals surface area contributed by atoms with Crippen LogP contribution in [-0.2, 0) is 4.52 Å². The van der Waals surface area contributed by atoms with Gasteiger partial charge >= 0.3 is 0 Å². The number of Topliss-reactive ketones (excluding diaryl/α,β-unsaturated/α-hetero) is 1. The van der Waals surface area contributed by atoms with Gasteiger partial charge in [0.05, 0.1) is 13.1 Å². The molecule has 3 nitrogen and oxygen atoms in total. The highest BCUT2D eigenvalue weighted by molar-refractivity contribution is 14.2. The highest BCUT2D eigenvalue weighted by Crippen LogP contribution is 2.23. The monoisotopic (exact) mass is 383 g/mol. The Bertz CT molecular complexity index is 415. The fourth-order valence-corrected chi connectivity index (χ4v) is 2.44. The summed E-state index contributed by atoms with van der Waals surface area (Å²) in [5.41, 5.74) is 0.497. The lowest BCUT2D eigenvalue weighted by Crippen LogP contribution is -2.09. The van der Waals surface area contributed by atoms with Crippen LogP contribution in [-0.4, -0.2) is 17.4 Å². The molecule has 0 bridgehead atoms. The van der Waals surface area contributed by atoms with Gasteiger partial charge in [-0.2, -0.15) is 0 Å². The average Bonchev–Trinajstić information content (AvgIpc) is 2.34. The third-order valence-corrected chi connectivity index (χ3v) is 3.76. The first-order valence-corrected chi connectivity index (χ1v) is 9.75. The minimum absolute atomic E-state index is 0.0434. The Labute approximate surface area is 121 Å². The second-order valence-electron chi connectivity index (χ2n) is 4.17. The van der Waals surface area contributed by atoms with E-state index in [0.717, 1.165) is 0 Å². The van der Waals surface area contributed by atoms with Gasteiger partial charge in [0.15, 0.2) is 11.6 Å². The number of aromatic nitrogens is 1. The molecule has 1 aromatic heterocycles. The van der Waals surface area contributed by atoms with Gasteiger partial charge in [-0.3, -0.25) is 9.78 Å². The number of hydrogen-bond acceptors (Lipinski definition) is 3. The molecule has 1 aromatic rings. The first-order chi connectivity index (χ1) is 8.57. The van der Waals surface area contributed by atoms with Gasteiger partial charge in [-0.05, 0) is 46.0 Å². The molecule has 6 heteroatoms. The van der Waals surface area contributed by atoms with E-state index in [0.29, 0.717) is 25.0 Å². The van der Waals surface area contributed by atoms with Crippen molar-refractivity contribution in [1.82, 2.24) is 4.98 Å². The van der Waals surface area contributed by atoms with Crippen LogP contribution in [0.4, 0.5) is 4.39 Å². The molecule has 1 atom stereocenters. The summed E-state index contributed by atoms with van der Waals surface area (Å²) in [5, 5.41) is 0. The number of hydrogen-bond donors (Lipinski definition) is 0. The lowest BCUT2D eigenvalue weighted by atomic mass is 10.0. The molecule has 0 saturated carbocycles. The van der Waals surface area contributed by atoms with Gasteiger partial charge in [0.2, 0.25) is 0 Å². The van der Waals surface area contributed by atoms with E-state index in [9.17, 15) is 9.18 Å². The predicted octanol–water partition coefficient (Wildman–Crippen LogP) is 4.27. The second-order valence-corrected chi connectivity index (χ2v) is 5.93. The van der Waals surface area contributed by atoms with Crippen molar-refractivity contribution in [3.05, 3.63) is 29.3 Å². The van der Waals surface area contributed by atoms with E-state index < -0.39 is 5.82 Å². The van der Waals surface area contributed by atoms with Crippen molar-refractivity contribution in [2.45, 2.75) is 32.6 Å². The molecule has 100 valence electrons. The molecule has 0 aliphatic rings. The highest BCUT2D eigenvalue weighted by atomic mass is 127. The number of carbonyl (C=O) groups is 1. The Balaban J connectivity index is 2.71. The summed E-state index contributed by atoms with van der Waals surface area (Å²) in [6.07, 6.45) is 2.36. The van der Waals surface area contributed by atoms with Crippen molar-refractivity contribution in [3.63, 3.8) is 0 Å². The Kier molecular flexibility index (Phi) is 7.19. The molecule has 0 fully saturated rings. The van der Waals surface area contributed by atoms with Crippen LogP contribution >= 0.6 is 28.5 Å². The fourth-order valence-electron chi connectivity index (χ4n) is 1.56. The van der Waals surface area contributed by atoms with Crippen molar-refractivity contribution >= 4 is 34.3 Å². The van der Waals surface area contributed by atoms with E-state index in [2.05, 4.69) is 27.0 Å². The van der Waals surface area contributed by atoms with E-state index >= 15 is 0 Å². The normalized spacial score (nSPS) is 11.6. The number of halogens is 2. The largest absolute Gasteiger partial charge is 0.352 e. The number of pyridine rings is 1. The second kappa shape index (κ2) is 8.12.